The van der Waals surface area contributed by atoms with Crippen molar-refractivity contribution in [3.05, 3.63) is 29.6 Å². The zero-order valence-electron chi connectivity index (χ0n) is 9.25. The van der Waals surface area contributed by atoms with Crippen LogP contribution in [0.3, 0.4) is 0 Å². The van der Waals surface area contributed by atoms with E-state index in [2.05, 4.69) is 10.3 Å². The van der Waals surface area contributed by atoms with E-state index < -0.39 is 17.9 Å². The van der Waals surface area contributed by atoms with E-state index in [9.17, 15) is 14.4 Å². The van der Waals surface area contributed by atoms with Crippen molar-refractivity contribution < 1.29 is 19.5 Å². The van der Waals surface area contributed by atoms with Gasteiger partial charge in [-0.1, -0.05) is 11.8 Å². The highest BCUT2D eigenvalue weighted by molar-refractivity contribution is 8.14. The van der Waals surface area contributed by atoms with Crippen molar-refractivity contribution >= 4 is 28.8 Å². The summed E-state index contributed by atoms with van der Waals surface area (Å²) in [5.74, 6) is -1.19. The minimum atomic E-state index is -1.22. The maximum atomic E-state index is 11.9. The van der Waals surface area contributed by atoms with Gasteiger partial charge in [0.15, 0.2) is 0 Å². The highest BCUT2D eigenvalue weighted by Crippen LogP contribution is 2.19. The molecule has 94 valence electrons. The van der Waals surface area contributed by atoms with Gasteiger partial charge in [0.1, 0.15) is 5.69 Å². The number of thioether (sulfide) groups is 1. The van der Waals surface area contributed by atoms with Gasteiger partial charge < -0.3 is 10.4 Å². The number of rotatable bonds is 3. The molecule has 6 nitrogen and oxygen atoms in total. The molecule has 1 aromatic rings. The summed E-state index contributed by atoms with van der Waals surface area (Å²) >= 11 is 1.16. The Bertz CT molecular complexity index is 518. The zero-order chi connectivity index (χ0) is 13.1. The molecule has 1 aliphatic heterocycles. The van der Waals surface area contributed by atoms with Crippen LogP contribution in [-0.4, -0.2) is 38.9 Å². The summed E-state index contributed by atoms with van der Waals surface area (Å²) in [6.07, 6.45) is 1.90. The Kier molecular flexibility index (Phi) is 3.61. The predicted molar refractivity (Wildman–Crippen MR) is 64.5 cm³/mol. The minimum absolute atomic E-state index is 0.101. The van der Waals surface area contributed by atoms with Crippen molar-refractivity contribution in [3.8, 4) is 0 Å². The van der Waals surface area contributed by atoms with E-state index in [4.69, 9.17) is 5.11 Å². The first-order valence-electron chi connectivity index (χ1n) is 5.25. The van der Waals surface area contributed by atoms with E-state index in [1.54, 1.807) is 0 Å². The third-order valence-corrected chi connectivity index (χ3v) is 3.50. The monoisotopic (exact) mass is 266 g/mol. The van der Waals surface area contributed by atoms with E-state index >= 15 is 0 Å². The molecule has 0 bridgehead atoms. The van der Waals surface area contributed by atoms with E-state index in [1.807, 2.05) is 0 Å². The summed E-state index contributed by atoms with van der Waals surface area (Å²) in [6, 6.07) is 2.19. The lowest BCUT2D eigenvalue weighted by molar-refractivity contribution is -0.112. The summed E-state index contributed by atoms with van der Waals surface area (Å²) < 4.78 is 0. The second kappa shape index (κ2) is 5.18. The number of nitrogens with zero attached hydrogens (tertiary/aromatic N) is 1. The van der Waals surface area contributed by atoms with Crippen LogP contribution in [0.1, 0.15) is 27.3 Å². The van der Waals surface area contributed by atoms with Crippen molar-refractivity contribution in [3.63, 3.8) is 0 Å². The highest BCUT2D eigenvalue weighted by atomic mass is 32.2. The standard InChI is InChI=1S/C11H10N2O4S/c14-9(13-7-3-5-18-11(7)17)8-6(10(15)16)2-1-4-12-8/h1-2,4,7H,3,5H2,(H,13,14)(H,15,16). The third kappa shape index (κ3) is 2.51. The number of carbonyl (C=O) groups is 3. The van der Waals surface area contributed by atoms with Gasteiger partial charge in [-0.2, -0.15) is 0 Å². The average Bonchev–Trinajstić information content (AvgIpc) is 2.75. The van der Waals surface area contributed by atoms with Crippen molar-refractivity contribution in [2.75, 3.05) is 5.75 Å². The molecule has 2 N–H and O–H groups in total. The van der Waals surface area contributed by atoms with Crippen LogP contribution < -0.4 is 5.32 Å². The molecule has 0 radical (unpaired) electrons. The van der Waals surface area contributed by atoms with Gasteiger partial charge in [-0.3, -0.25) is 14.6 Å². The van der Waals surface area contributed by atoms with Crippen LogP contribution in [0.5, 0.6) is 0 Å². The fourth-order valence-electron chi connectivity index (χ4n) is 1.61. The minimum Gasteiger partial charge on any atom is -0.478 e. The van der Waals surface area contributed by atoms with Crippen molar-refractivity contribution in [2.24, 2.45) is 0 Å². The van der Waals surface area contributed by atoms with Gasteiger partial charge in [-0.05, 0) is 18.6 Å². The molecule has 7 heteroatoms. The number of carboxylic acid groups (broad SMARTS) is 1. The molecule has 1 unspecified atom stereocenters. The summed E-state index contributed by atoms with van der Waals surface area (Å²) in [7, 11) is 0. The van der Waals surface area contributed by atoms with Crippen LogP contribution in [0.25, 0.3) is 0 Å². The Hall–Kier alpha value is -1.89. The molecule has 2 rings (SSSR count). The summed E-state index contributed by atoms with van der Waals surface area (Å²) in [5, 5.41) is 11.3. The fraction of sp³-hybridized carbons (Fsp3) is 0.273. The maximum absolute atomic E-state index is 11.9. The smallest absolute Gasteiger partial charge is 0.338 e. The van der Waals surface area contributed by atoms with E-state index in [0.717, 1.165) is 11.8 Å². The van der Waals surface area contributed by atoms with Crippen LogP contribution in [-0.2, 0) is 4.79 Å². The van der Waals surface area contributed by atoms with E-state index in [0.29, 0.717) is 12.2 Å². The summed E-state index contributed by atoms with van der Waals surface area (Å²) in [6.45, 7) is 0. The molecule has 0 aromatic carbocycles. The third-order valence-electron chi connectivity index (χ3n) is 2.49. The first-order chi connectivity index (χ1) is 8.59. The number of hydrogen-bond donors (Lipinski definition) is 2. The second-order valence-corrected chi connectivity index (χ2v) is 4.79. The van der Waals surface area contributed by atoms with Crippen molar-refractivity contribution in [1.29, 1.82) is 0 Å². The number of aromatic nitrogens is 1. The number of hydrogen-bond acceptors (Lipinski definition) is 5. The van der Waals surface area contributed by atoms with Crippen LogP contribution in [0.2, 0.25) is 0 Å². The van der Waals surface area contributed by atoms with E-state index in [-0.39, 0.29) is 16.4 Å². The molecule has 1 aromatic heterocycles. The molecule has 1 atom stereocenters. The van der Waals surface area contributed by atoms with Gasteiger partial charge in [0.05, 0.1) is 11.6 Å². The van der Waals surface area contributed by atoms with Gasteiger partial charge >= 0.3 is 5.97 Å². The van der Waals surface area contributed by atoms with Crippen LogP contribution in [0.4, 0.5) is 0 Å². The van der Waals surface area contributed by atoms with Crippen LogP contribution in [0.15, 0.2) is 18.3 Å². The van der Waals surface area contributed by atoms with Crippen LogP contribution >= 0.6 is 11.8 Å². The lowest BCUT2D eigenvalue weighted by atomic mass is 10.1. The lowest BCUT2D eigenvalue weighted by Crippen LogP contribution is -2.38. The van der Waals surface area contributed by atoms with Gasteiger partial charge in [-0.15, -0.1) is 0 Å². The quantitative estimate of drug-likeness (QED) is 0.829. The Morgan fingerprint density at radius 1 is 1.50 bits per heavy atom. The molecule has 0 saturated carbocycles. The molecule has 2 heterocycles. The number of nitrogens with one attached hydrogen (secondary N) is 1. The van der Waals surface area contributed by atoms with E-state index in [1.165, 1.54) is 18.3 Å². The molecule has 0 aliphatic carbocycles. The molecule has 1 amide bonds. The summed E-state index contributed by atoms with van der Waals surface area (Å²) in [4.78, 5) is 37.9. The lowest BCUT2D eigenvalue weighted by Gasteiger charge is -2.10. The average molecular weight is 266 g/mol. The normalized spacial score (nSPS) is 18.7. The Balaban J connectivity index is 2.18. The number of aromatic carboxylic acids is 1. The largest absolute Gasteiger partial charge is 0.478 e. The van der Waals surface area contributed by atoms with Crippen molar-refractivity contribution in [2.45, 2.75) is 12.5 Å². The SMILES string of the molecule is O=C(O)c1cccnc1C(=O)NC1CCSC1=O. The van der Waals surface area contributed by atoms with Crippen molar-refractivity contribution in [1.82, 2.24) is 10.3 Å². The van der Waals surface area contributed by atoms with Gasteiger partial charge in [0, 0.05) is 11.9 Å². The summed E-state index contributed by atoms with van der Waals surface area (Å²) in [5.41, 5.74) is -0.345. The Morgan fingerprint density at radius 2 is 2.28 bits per heavy atom. The number of pyridine rings is 1. The predicted octanol–water partition coefficient (Wildman–Crippen LogP) is 0.542. The number of amides is 1. The van der Waals surface area contributed by atoms with Gasteiger partial charge in [0.25, 0.3) is 5.91 Å². The van der Waals surface area contributed by atoms with Crippen LogP contribution in [0, 0.1) is 0 Å². The Labute approximate surface area is 107 Å². The molecule has 1 saturated heterocycles. The van der Waals surface area contributed by atoms with Gasteiger partial charge in [0.2, 0.25) is 5.12 Å². The first-order valence-corrected chi connectivity index (χ1v) is 6.24. The molecular formula is C11H10N2O4S. The Morgan fingerprint density at radius 3 is 2.89 bits per heavy atom. The maximum Gasteiger partial charge on any atom is 0.338 e. The zero-order valence-corrected chi connectivity index (χ0v) is 10.1. The number of carboxylic acids is 1. The molecule has 0 spiro atoms. The molecule has 1 aliphatic rings. The van der Waals surface area contributed by atoms with Gasteiger partial charge in [-0.25, -0.2) is 4.79 Å². The topological polar surface area (TPSA) is 96.4 Å². The first kappa shape index (κ1) is 12.6. The highest BCUT2D eigenvalue weighted by Gasteiger charge is 2.28. The fourth-order valence-corrected chi connectivity index (χ4v) is 2.55. The number of carbonyl (C=O) groups excluding carboxylic acids is 2. The molecule has 1 fully saturated rings. The molecular weight excluding hydrogens is 256 g/mol. The second-order valence-electron chi connectivity index (χ2n) is 3.69. The molecule has 18 heavy (non-hydrogen) atoms.